The van der Waals surface area contributed by atoms with Crippen molar-refractivity contribution in [2.24, 2.45) is 5.10 Å². The Hall–Kier alpha value is -3.04. The van der Waals surface area contributed by atoms with Crippen molar-refractivity contribution in [3.05, 3.63) is 70.3 Å². The normalized spacial score (nSPS) is 11.5. The van der Waals surface area contributed by atoms with E-state index in [-0.39, 0.29) is 16.9 Å². The number of rotatable bonds is 6. The molecular weight excluding hydrogens is 430 g/mol. The van der Waals surface area contributed by atoms with E-state index in [1.54, 1.807) is 24.3 Å². The molecule has 1 heterocycles. The lowest BCUT2D eigenvalue weighted by Gasteiger charge is -2.08. The topological polar surface area (TPSA) is 71.4 Å². The number of nitrogens with zero attached hydrogens (tertiary/aromatic N) is 3. The Labute approximate surface area is 173 Å². The molecule has 0 amide bonds. The molecule has 3 rings (SSSR count). The van der Waals surface area contributed by atoms with Crippen LogP contribution in [0.2, 0.25) is 10.2 Å². The maximum Gasteiger partial charge on any atom is 0.573 e. The van der Waals surface area contributed by atoms with Gasteiger partial charge in [-0.2, -0.15) is 15.1 Å². The number of alkyl halides is 3. The van der Waals surface area contributed by atoms with Gasteiger partial charge in [0.1, 0.15) is 16.7 Å². The van der Waals surface area contributed by atoms with Gasteiger partial charge >= 0.3 is 6.36 Å². The van der Waals surface area contributed by atoms with Crippen LogP contribution in [-0.4, -0.2) is 22.5 Å². The molecule has 2 aromatic carbocycles. The summed E-state index contributed by atoms with van der Waals surface area (Å²) in [6.07, 6.45) is -3.36. The van der Waals surface area contributed by atoms with E-state index < -0.39 is 6.36 Å². The van der Waals surface area contributed by atoms with Gasteiger partial charge in [-0.05, 0) is 48.0 Å². The fourth-order valence-electron chi connectivity index (χ4n) is 2.17. The number of halogens is 5. The first-order valence-corrected chi connectivity index (χ1v) is 8.74. The Kier molecular flexibility index (Phi) is 6.40. The number of nitrogens with one attached hydrogen (secondary N) is 2. The first-order valence-electron chi connectivity index (χ1n) is 7.99. The van der Waals surface area contributed by atoms with Crippen molar-refractivity contribution in [3.63, 3.8) is 0 Å². The molecule has 150 valence electrons. The van der Waals surface area contributed by atoms with Gasteiger partial charge in [0.25, 0.3) is 0 Å². The minimum absolute atomic E-state index is 0.121. The van der Waals surface area contributed by atoms with Crippen LogP contribution >= 0.6 is 23.2 Å². The van der Waals surface area contributed by atoms with E-state index in [4.69, 9.17) is 23.2 Å². The molecule has 0 aliphatic heterocycles. The molecule has 0 aliphatic rings. The van der Waals surface area contributed by atoms with Crippen LogP contribution < -0.4 is 15.5 Å². The van der Waals surface area contributed by atoms with Crippen molar-refractivity contribution in [1.29, 1.82) is 0 Å². The van der Waals surface area contributed by atoms with E-state index in [1.807, 2.05) is 0 Å². The highest BCUT2D eigenvalue weighted by molar-refractivity contribution is 6.31. The van der Waals surface area contributed by atoms with Crippen molar-refractivity contribution >= 4 is 46.9 Å². The van der Waals surface area contributed by atoms with Crippen LogP contribution in [0, 0.1) is 0 Å². The van der Waals surface area contributed by atoms with E-state index >= 15 is 0 Å². The van der Waals surface area contributed by atoms with Crippen LogP contribution in [0.5, 0.6) is 5.75 Å². The fourth-order valence-corrected chi connectivity index (χ4v) is 2.54. The van der Waals surface area contributed by atoms with Crippen molar-refractivity contribution < 1.29 is 17.9 Å². The molecule has 3 aromatic rings. The molecule has 1 aromatic heterocycles. The number of ether oxygens (including phenoxy) is 1. The predicted octanol–water partition coefficient (Wildman–Crippen LogP) is 5.87. The number of benzene rings is 2. The second-order valence-electron chi connectivity index (χ2n) is 5.52. The van der Waals surface area contributed by atoms with Gasteiger partial charge in [0, 0.05) is 16.8 Å². The summed E-state index contributed by atoms with van der Waals surface area (Å²) < 4.78 is 40.3. The van der Waals surface area contributed by atoms with Crippen molar-refractivity contribution in [1.82, 2.24) is 9.97 Å². The molecule has 29 heavy (non-hydrogen) atoms. The van der Waals surface area contributed by atoms with Crippen LogP contribution in [0.25, 0.3) is 0 Å². The summed E-state index contributed by atoms with van der Waals surface area (Å²) in [6.45, 7) is 0. The minimum Gasteiger partial charge on any atom is -0.406 e. The maximum atomic E-state index is 12.2. The number of aromatic nitrogens is 2. The van der Waals surface area contributed by atoms with E-state index in [0.717, 1.165) is 0 Å². The molecule has 0 saturated heterocycles. The van der Waals surface area contributed by atoms with Crippen molar-refractivity contribution in [2.45, 2.75) is 6.36 Å². The lowest BCUT2D eigenvalue weighted by molar-refractivity contribution is -0.274. The highest BCUT2D eigenvalue weighted by Crippen LogP contribution is 2.23. The molecule has 2 N–H and O–H groups in total. The first kappa shape index (κ1) is 20.7. The third kappa shape index (κ3) is 6.81. The number of anilines is 3. The van der Waals surface area contributed by atoms with Gasteiger partial charge < -0.3 is 10.1 Å². The molecule has 0 bridgehead atoms. The third-order valence-corrected chi connectivity index (χ3v) is 3.71. The van der Waals surface area contributed by atoms with Crippen LogP contribution in [-0.2, 0) is 0 Å². The number of hydrazone groups is 1. The molecule has 6 nitrogen and oxygen atoms in total. The third-order valence-electron chi connectivity index (χ3n) is 3.28. The molecule has 0 atom stereocenters. The summed E-state index contributed by atoms with van der Waals surface area (Å²) in [5.74, 6) is 0.214. The Bertz CT molecular complexity index is 1010. The lowest BCUT2D eigenvalue weighted by Crippen LogP contribution is -2.17. The van der Waals surface area contributed by atoms with Crippen LogP contribution in [0.4, 0.5) is 30.6 Å². The summed E-state index contributed by atoms with van der Waals surface area (Å²) in [5.41, 5.74) is 3.85. The van der Waals surface area contributed by atoms with Crippen molar-refractivity contribution in [2.75, 3.05) is 10.7 Å². The van der Waals surface area contributed by atoms with Gasteiger partial charge in [-0.1, -0.05) is 29.3 Å². The van der Waals surface area contributed by atoms with E-state index in [9.17, 15) is 13.2 Å². The smallest absolute Gasteiger partial charge is 0.406 e. The van der Waals surface area contributed by atoms with Crippen LogP contribution in [0.15, 0.2) is 59.7 Å². The molecular formula is C18H12Cl2F3N5O. The fraction of sp³-hybridized carbons (Fsp3) is 0.0556. The monoisotopic (exact) mass is 441 g/mol. The summed E-state index contributed by atoms with van der Waals surface area (Å²) in [4.78, 5) is 8.22. The number of hydrogen-bond donors (Lipinski definition) is 2. The van der Waals surface area contributed by atoms with E-state index in [1.165, 1.54) is 36.5 Å². The molecule has 0 saturated carbocycles. The molecule has 0 radical (unpaired) electrons. The van der Waals surface area contributed by atoms with Gasteiger partial charge in [0.15, 0.2) is 0 Å². The Morgan fingerprint density at radius 3 is 2.45 bits per heavy atom. The highest BCUT2D eigenvalue weighted by Gasteiger charge is 2.30. The Morgan fingerprint density at radius 1 is 1.00 bits per heavy atom. The average molecular weight is 442 g/mol. The van der Waals surface area contributed by atoms with Crippen molar-refractivity contribution in [3.8, 4) is 5.75 Å². The maximum absolute atomic E-state index is 12.2. The average Bonchev–Trinajstić information content (AvgIpc) is 2.61. The number of hydrogen-bond acceptors (Lipinski definition) is 6. The molecule has 11 heteroatoms. The molecule has 0 aliphatic carbocycles. The predicted molar refractivity (Wildman–Crippen MR) is 106 cm³/mol. The summed E-state index contributed by atoms with van der Waals surface area (Å²) in [6, 6.07) is 13.8. The van der Waals surface area contributed by atoms with Crippen LogP contribution in [0.1, 0.15) is 5.56 Å². The van der Waals surface area contributed by atoms with Gasteiger partial charge in [-0.15, -0.1) is 13.2 Å². The van der Waals surface area contributed by atoms with Gasteiger partial charge in [0.05, 0.1) is 6.21 Å². The van der Waals surface area contributed by atoms with Crippen LogP contribution in [0.3, 0.4) is 0 Å². The zero-order valence-electron chi connectivity index (χ0n) is 14.4. The Morgan fingerprint density at radius 2 is 1.76 bits per heavy atom. The first-order chi connectivity index (χ1) is 13.8. The van der Waals surface area contributed by atoms with Gasteiger partial charge in [-0.25, -0.2) is 5.43 Å². The Balaban J connectivity index is 1.65. The summed E-state index contributed by atoms with van der Waals surface area (Å²) in [5, 5.41) is 7.73. The van der Waals surface area contributed by atoms with E-state index in [0.29, 0.717) is 22.1 Å². The highest BCUT2D eigenvalue weighted by atomic mass is 35.5. The van der Waals surface area contributed by atoms with Gasteiger partial charge in [0.2, 0.25) is 5.95 Å². The summed E-state index contributed by atoms with van der Waals surface area (Å²) in [7, 11) is 0. The lowest BCUT2D eigenvalue weighted by atomic mass is 10.2. The molecule has 0 fully saturated rings. The minimum atomic E-state index is -4.74. The standard InChI is InChI=1S/C18H12Cl2F3N5O/c19-12-2-1-3-13(8-12)25-16-9-15(20)26-17(27-16)28-24-10-11-4-6-14(7-5-11)29-18(21,22)23/h1-10H,(H2,25,26,27,28)/b24-10+. The summed E-state index contributed by atoms with van der Waals surface area (Å²) >= 11 is 11.9. The molecule has 0 unspecified atom stereocenters. The largest absolute Gasteiger partial charge is 0.573 e. The quantitative estimate of drug-likeness (QED) is 0.284. The molecule has 0 spiro atoms. The van der Waals surface area contributed by atoms with E-state index in [2.05, 4.69) is 30.5 Å². The zero-order valence-corrected chi connectivity index (χ0v) is 15.9. The van der Waals surface area contributed by atoms with Gasteiger partial charge in [-0.3, -0.25) is 0 Å². The second-order valence-corrected chi connectivity index (χ2v) is 6.35. The zero-order chi connectivity index (χ0) is 20.9. The SMILES string of the molecule is FC(F)(F)Oc1ccc(/C=N/Nc2nc(Cl)cc(Nc3cccc(Cl)c3)n2)cc1. The second kappa shape index (κ2) is 8.97.